The van der Waals surface area contributed by atoms with Gasteiger partial charge in [0.2, 0.25) is 0 Å². The molecule has 5 heteroatoms. The summed E-state index contributed by atoms with van der Waals surface area (Å²) in [5.41, 5.74) is 0.659. The minimum Gasteiger partial charge on any atom is -0.481 e. The highest BCUT2D eigenvalue weighted by atomic mass is 16.4. The number of rotatable bonds is 4. The lowest BCUT2D eigenvalue weighted by Crippen LogP contribution is -2.16. The molecule has 1 unspecified atom stereocenters. The van der Waals surface area contributed by atoms with E-state index in [9.17, 15) is 4.79 Å². The molecule has 0 saturated heterocycles. The number of aromatic nitrogens is 3. The number of carbonyl (C=O) groups is 1. The summed E-state index contributed by atoms with van der Waals surface area (Å²) in [7, 11) is 0. The van der Waals surface area contributed by atoms with E-state index < -0.39 is 11.9 Å². The monoisotopic (exact) mass is 197 g/mol. The van der Waals surface area contributed by atoms with Gasteiger partial charge in [-0.15, -0.1) is 5.10 Å². The van der Waals surface area contributed by atoms with Crippen LogP contribution in [0.15, 0.2) is 6.20 Å². The summed E-state index contributed by atoms with van der Waals surface area (Å²) < 4.78 is 1.66. The molecule has 0 bridgehead atoms. The minimum atomic E-state index is -0.850. The molecule has 0 aliphatic carbocycles. The molecule has 78 valence electrons. The van der Waals surface area contributed by atoms with Gasteiger partial charge in [0.25, 0.3) is 0 Å². The van der Waals surface area contributed by atoms with Crippen LogP contribution in [0.2, 0.25) is 0 Å². The number of hydrogen-bond donors (Lipinski definition) is 1. The first-order chi connectivity index (χ1) is 6.52. The molecule has 1 aromatic heterocycles. The predicted molar refractivity (Wildman–Crippen MR) is 50.9 cm³/mol. The smallest absolute Gasteiger partial charge is 0.312 e. The van der Waals surface area contributed by atoms with Crippen molar-refractivity contribution in [1.29, 1.82) is 0 Å². The maximum absolute atomic E-state index is 10.8. The number of hydrogen-bond acceptors (Lipinski definition) is 3. The molecular formula is C9H15N3O2. The Kier molecular flexibility index (Phi) is 3.22. The quantitative estimate of drug-likeness (QED) is 0.785. The standard InChI is InChI=1S/C9H15N3O2/c1-6(2)5-12-8(4-10-11-12)7(3)9(13)14/h4,6-7H,5H2,1-3H3,(H,13,14). The highest BCUT2D eigenvalue weighted by molar-refractivity contribution is 5.74. The third-order valence-electron chi connectivity index (χ3n) is 2.00. The first-order valence-electron chi connectivity index (χ1n) is 4.63. The van der Waals surface area contributed by atoms with E-state index in [4.69, 9.17) is 5.11 Å². The Balaban J connectivity index is 2.86. The van der Waals surface area contributed by atoms with E-state index in [-0.39, 0.29) is 0 Å². The van der Waals surface area contributed by atoms with Gasteiger partial charge in [0, 0.05) is 6.54 Å². The molecule has 1 rings (SSSR count). The average Bonchev–Trinajstić information content (AvgIpc) is 2.49. The number of aliphatic carboxylic acids is 1. The minimum absolute atomic E-state index is 0.427. The van der Waals surface area contributed by atoms with Crippen LogP contribution in [0, 0.1) is 5.92 Å². The van der Waals surface area contributed by atoms with Crippen LogP contribution >= 0.6 is 0 Å². The van der Waals surface area contributed by atoms with Gasteiger partial charge in [-0.25, -0.2) is 4.68 Å². The summed E-state index contributed by atoms with van der Waals surface area (Å²) >= 11 is 0. The van der Waals surface area contributed by atoms with Crippen LogP contribution in [-0.2, 0) is 11.3 Å². The van der Waals surface area contributed by atoms with Crippen LogP contribution in [0.5, 0.6) is 0 Å². The first kappa shape index (κ1) is 10.7. The van der Waals surface area contributed by atoms with Crippen molar-refractivity contribution in [3.05, 3.63) is 11.9 Å². The molecule has 0 spiro atoms. The summed E-state index contributed by atoms with van der Waals surface area (Å²) in [5.74, 6) is -0.975. The normalized spacial score (nSPS) is 13.1. The molecule has 14 heavy (non-hydrogen) atoms. The Hall–Kier alpha value is -1.39. The fourth-order valence-electron chi connectivity index (χ4n) is 1.22. The zero-order valence-electron chi connectivity index (χ0n) is 8.64. The van der Waals surface area contributed by atoms with Gasteiger partial charge in [0.15, 0.2) is 0 Å². The van der Waals surface area contributed by atoms with E-state index in [0.717, 1.165) is 0 Å². The Morgan fingerprint density at radius 2 is 2.21 bits per heavy atom. The summed E-state index contributed by atoms with van der Waals surface area (Å²) in [6.45, 7) is 6.44. The van der Waals surface area contributed by atoms with Crippen molar-refractivity contribution in [3.63, 3.8) is 0 Å². The van der Waals surface area contributed by atoms with E-state index in [2.05, 4.69) is 24.2 Å². The Labute approximate surface area is 82.7 Å². The fraction of sp³-hybridized carbons (Fsp3) is 0.667. The van der Waals surface area contributed by atoms with Gasteiger partial charge in [0.1, 0.15) is 0 Å². The molecule has 5 nitrogen and oxygen atoms in total. The van der Waals surface area contributed by atoms with E-state index >= 15 is 0 Å². The molecule has 1 N–H and O–H groups in total. The Bertz CT molecular complexity index is 320. The van der Waals surface area contributed by atoms with Crippen LogP contribution in [0.3, 0.4) is 0 Å². The van der Waals surface area contributed by atoms with Crippen molar-refractivity contribution < 1.29 is 9.90 Å². The molecule has 1 aromatic rings. The van der Waals surface area contributed by atoms with Gasteiger partial charge >= 0.3 is 5.97 Å². The van der Waals surface area contributed by atoms with Crippen molar-refractivity contribution in [2.24, 2.45) is 5.92 Å². The SMILES string of the molecule is CC(C)Cn1nncc1C(C)C(=O)O. The lowest BCUT2D eigenvalue weighted by molar-refractivity contribution is -0.138. The zero-order valence-corrected chi connectivity index (χ0v) is 8.64. The van der Waals surface area contributed by atoms with E-state index in [1.165, 1.54) is 6.20 Å². The first-order valence-corrected chi connectivity index (χ1v) is 4.63. The molecule has 0 saturated carbocycles. The van der Waals surface area contributed by atoms with Crippen LogP contribution < -0.4 is 0 Å². The van der Waals surface area contributed by atoms with Crippen molar-refractivity contribution in [2.75, 3.05) is 0 Å². The van der Waals surface area contributed by atoms with Crippen molar-refractivity contribution in [3.8, 4) is 0 Å². The number of carboxylic acids is 1. The summed E-state index contributed by atoms with van der Waals surface area (Å²) in [6.07, 6.45) is 1.52. The molecule has 0 radical (unpaired) electrons. The van der Waals surface area contributed by atoms with Gasteiger partial charge in [-0.05, 0) is 12.8 Å². The largest absolute Gasteiger partial charge is 0.481 e. The Morgan fingerprint density at radius 3 is 2.71 bits per heavy atom. The second-order valence-electron chi connectivity index (χ2n) is 3.79. The fourth-order valence-corrected chi connectivity index (χ4v) is 1.22. The number of carboxylic acid groups (broad SMARTS) is 1. The summed E-state index contributed by atoms with van der Waals surface area (Å²) in [4.78, 5) is 10.8. The Morgan fingerprint density at radius 1 is 1.57 bits per heavy atom. The highest BCUT2D eigenvalue weighted by Gasteiger charge is 2.19. The summed E-state index contributed by atoms with van der Waals surface area (Å²) in [6, 6.07) is 0. The van der Waals surface area contributed by atoms with Gasteiger partial charge in [0.05, 0.1) is 17.8 Å². The molecule has 1 atom stereocenters. The van der Waals surface area contributed by atoms with Crippen LogP contribution in [-0.4, -0.2) is 26.1 Å². The van der Waals surface area contributed by atoms with Gasteiger partial charge < -0.3 is 5.11 Å². The van der Waals surface area contributed by atoms with Gasteiger partial charge in [-0.2, -0.15) is 0 Å². The topological polar surface area (TPSA) is 68.0 Å². The molecule has 0 aromatic carbocycles. The van der Waals surface area contributed by atoms with Crippen molar-refractivity contribution in [1.82, 2.24) is 15.0 Å². The molecule has 0 aliphatic heterocycles. The predicted octanol–water partition coefficient (Wildman–Crippen LogP) is 1.12. The zero-order chi connectivity index (χ0) is 10.7. The third-order valence-corrected chi connectivity index (χ3v) is 2.00. The summed E-state index contributed by atoms with van der Waals surface area (Å²) in [5, 5.41) is 16.4. The number of nitrogens with zero attached hydrogens (tertiary/aromatic N) is 3. The van der Waals surface area contributed by atoms with E-state index in [1.807, 2.05) is 0 Å². The maximum atomic E-state index is 10.8. The molecule has 0 aliphatic rings. The molecule has 0 fully saturated rings. The van der Waals surface area contributed by atoms with Crippen LogP contribution in [0.1, 0.15) is 32.4 Å². The van der Waals surface area contributed by atoms with E-state index in [0.29, 0.717) is 18.2 Å². The van der Waals surface area contributed by atoms with Crippen molar-refractivity contribution in [2.45, 2.75) is 33.2 Å². The average molecular weight is 197 g/mol. The highest BCUT2D eigenvalue weighted by Crippen LogP contribution is 2.14. The van der Waals surface area contributed by atoms with Crippen LogP contribution in [0.25, 0.3) is 0 Å². The van der Waals surface area contributed by atoms with Gasteiger partial charge in [-0.1, -0.05) is 19.1 Å². The van der Waals surface area contributed by atoms with Crippen LogP contribution in [0.4, 0.5) is 0 Å². The van der Waals surface area contributed by atoms with E-state index in [1.54, 1.807) is 11.6 Å². The van der Waals surface area contributed by atoms with Crippen molar-refractivity contribution >= 4 is 5.97 Å². The second kappa shape index (κ2) is 4.21. The van der Waals surface area contributed by atoms with Gasteiger partial charge in [-0.3, -0.25) is 4.79 Å². The second-order valence-corrected chi connectivity index (χ2v) is 3.79. The maximum Gasteiger partial charge on any atom is 0.312 e. The molecule has 1 heterocycles. The lowest BCUT2D eigenvalue weighted by Gasteiger charge is -2.10. The third kappa shape index (κ3) is 2.31. The molecular weight excluding hydrogens is 182 g/mol. The lowest BCUT2D eigenvalue weighted by atomic mass is 10.1. The molecule has 0 amide bonds.